The van der Waals surface area contributed by atoms with Crippen molar-refractivity contribution < 1.29 is 9.53 Å². The van der Waals surface area contributed by atoms with Gasteiger partial charge in [0.2, 0.25) is 0 Å². The molecule has 0 saturated carbocycles. The molecule has 2 rings (SSSR count). The maximum absolute atomic E-state index is 11.8. The lowest BCUT2D eigenvalue weighted by Gasteiger charge is -2.03. The van der Waals surface area contributed by atoms with Crippen molar-refractivity contribution >= 4 is 17.1 Å². The summed E-state index contributed by atoms with van der Waals surface area (Å²) in [5.74, 6) is 0.0713. The highest BCUT2D eigenvalue weighted by atomic mass is 32.1. The summed E-state index contributed by atoms with van der Waals surface area (Å²) in [5.41, 5.74) is 1.25. The maximum Gasteiger partial charge on any atom is 0.198 e. The molecule has 0 radical (unpaired) electrons. The standard InChI is InChI=1S/C15H17NO2S/c1-12-4-5-15(19-12)14(17)11-18-10-2-3-13-6-8-16-9-7-13/h4-9H,2-3,10-11H2,1H3. The van der Waals surface area contributed by atoms with E-state index < -0.39 is 0 Å². The Labute approximate surface area is 117 Å². The van der Waals surface area contributed by atoms with Crippen LogP contribution in [0.5, 0.6) is 0 Å². The number of rotatable bonds is 7. The summed E-state index contributed by atoms with van der Waals surface area (Å²) in [6.45, 7) is 2.78. The van der Waals surface area contributed by atoms with Crippen LogP contribution < -0.4 is 0 Å². The van der Waals surface area contributed by atoms with Gasteiger partial charge in [-0.25, -0.2) is 0 Å². The normalized spacial score (nSPS) is 10.6. The largest absolute Gasteiger partial charge is 0.373 e. The summed E-state index contributed by atoms with van der Waals surface area (Å²) in [6.07, 6.45) is 5.45. The molecule has 0 atom stereocenters. The average molecular weight is 275 g/mol. The van der Waals surface area contributed by atoms with Crippen molar-refractivity contribution in [3.8, 4) is 0 Å². The Balaban J connectivity index is 1.63. The number of aryl methyl sites for hydroxylation is 2. The van der Waals surface area contributed by atoms with Crippen LogP contribution in [0.4, 0.5) is 0 Å². The molecule has 0 unspecified atom stereocenters. The van der Waals surface area contributed by atoms with Gasteiger partial charge in [-0.05, 0) is 49.6 Å². The topological polar surface area (TPSA) is 39.2 Å². The molecular weight excluding hydrogens is 258 g/mol. The molecule has 0 fully saturated rings. The van der Waals surface area contributed by atoms with Crippen molar-refractivity contribution in [2.24, 2.45) is 0 Å². The number of hydrogen-bond acceptors (Lipinski definition) is 4. The van der Waals surface area contributed by atoms with E-state index in [4.69, 9.17) is 4.74 Å². The average Bonchev–Trinajstić information content (AvgIpc) is 2.86. The summed E-state index contributed by atoms with van der Waals surface area (Å²) >= 11 is 1.52. The summed E-state index contributed by atoms with van der Waals surface area (Å²) in [7, 11) is 0. The molecule has 0 bridgehead atoms. The van der Waals surface area contributed by atoms with Crippen LogP contribution in [0.1, 0.15) is 26.5 Å². The van der Waals surface area contributed by atoms with Crippen LogP contribution in [0.15, 0.2) is 36.7 Å². The Hall–Kier alpha value is -1.52. The molecule has 2 aromatic heterocycles. The Kier molecular flexibility index (Phi) is 5.24. The maximum atomic E-state index is 11.8. The van der Waals surface area contributed by atoms with E-state index in [1.54, 1.807) is 12.4 Å². The first-order chi connectivity index (χ1) is 9.25. The first-order valence-electron chi connectivity index (χ1n) is 6.32. The van der Waals surface area contributed by atoms with Crippen molar-refractivity contribution in [2.45, 2.75) is 19.8 Å². The summed E-state index contributed by atoms with van der Waals surface area (Å²) in [4.78, 5) is 17.7. The zero-order valence-electron chi connectivity index (χ0n) is 11.0. The summed E-state index contributed by atoms with van der Waals surface area (Å²) in [5, 5.41) is 0. The van der Waals surface area contributed by atoms with E-state index in [0.717, 1.165) is 22.6 Å². The minimum atomic E-state index is 0.0713. The molecule has 4 heteroatoms. The lowest BCUT2D eigenvalue weighted by atomic mass is 10.1. The summed E-state index contributed by atoms with van der Waals surface area (Å²) < 4.78 is 5.42. The highest BCUT2D eigenvalue weighted by Gasteiger charge is 2.07. The van der Waals surface area contributed by atoms with Crippen molar-refractivity contribution in [3.05, 3.63) is 52.0 Å². The van der Waals surface area contributed by atoms with Gasteiger partial charge < -0.3 is 4.74 Å². The summed E-state index contributed by atoms with van der Waals surface area (Å²) in [6, 6.07) is 7.82. The Bertz CT molecular complexity index is 522. The van der Waals surface area contributed by atoms with E-state index >= 15 is 0 Å². The van der Waals surface area contributed by atoms with Gasteiger partial charge in [-0.15, -0.1) is 11.3 Å². The van der Waals surface area contributed by atoms with Crippen LogP contribution in [-0.2, 0) is 11.2 Å². The van der Waals surface area contributed by atoms with E-state index in [2.05, 4.69) is 4.98 Å². The van der Waals surface area contributed by atoms with Gasteiger partial charge in [0.1, 0.15) is 6.61 Å². The van der Waals surface area contributed by atoms with E-state index in [1.165, 1.54) is 16.9 Å². The second-order valence-corrected chi connectivity index (χ2v) is 5.63. The second kappa shape index (κ2) is 7.16. The van der Waals surface area contributed by atoms with Crippen molar-refractivity contribution in [1.82, 2.24) is 4.98 Å². The third-order valence-electron chi connectivity index (χ3n) is 2.75. The van der Waals surface area contributed by atoms with Crippen LogP contribution in [0.2, 0.25) is 0 Å². The smallest absolute Gasteiger partial charge is 0.198 e. The van der Waals surface area contributed by atoms with Gasteiger partial charge in [-0.3, -0.25) is 9.78 Å². The molecule has 0 spiro atoms. The number of carbonyl (C=O) groups excluding carboxylic acids is 1. The molecule has 0 N–H and O–H groups in total. The quantitative estimate of drug-likeness (QED) is 0.575. The molecule has 0 aliphatic heterocycles. The molecule has 0 saturated heterocycles. The van der Waals surface area contributed by atoms with Crippen LogP contribution in [0.25, 0.3) is 0 Å². The van der Waals surface area contributed by atoms with E-state index in [0.29, 0.717) is 6.61 Å². The minimum Gasteiger partial charge on any atom is -0.373 e. The van der Waals surface area contributed by atoms with Crippen LogP contribution in [0.3, 0.4) is 0 Å². The highest BCUT2D eigenvalue weighted by Crippen LogP contribution is 2.15. The minimum absolute atomic E-state index is 0.0713. The third-order valence-corrected chi connectivity index (χ3v) is 3.79. The Morgan fingerprint density at radius 3 is 2.74 bits per heavy atom. The first-order valence-corrected chi connectivity index (χ1v) is 7.13. The molecule has 2 heterocycles. The third kappa shape index (κ3) is 4.58. The fourth-order valence-corrected chi connectivity index (χ4v) is 2.54. The Morgan fingerprint density at radius 2 is 2.05 bits per heavy atom. The predicted molar refractivity (Wildman–Crippen MR) is 76.8 cm³/mol. The van der Waals surface area contributed by atoms with Crippen molar-refractivity contribution in [3.63, 3.8) is 0 Å². The molecule has 0 aliphatic carbocycles. The molecule has 19 heavy (non-hydrogen) atoms. The van der Waals surface area contributed by atoms with Gasteiger partial charge in [-0.2, -0.15) is 0 Å². The van der Waals surface area contributed by atoms with E-state index in [-0.39, 0.29) is 12.4 Å². The number of thiophene rings is 1. The molecule has 2 aromatic rings. The SMILES string of the molecule is Cc1ccc(C(=O)COCCCc2ccncc2)s1. The van der Waals surface area contributed by atoms with Crippen molar-refractivity contribution in [1.29, 1.82) is 0 Å². The zero-order valence-corrected chi connectivity index (χ0v) is 11.8. The molecular formula is C15H17NO2S. The van der Waals surface area contributed by atoms with Crippen LogP contribution in [0, 0.1) is 6.92 Å². The van der Waals surface area contributed by atoms with Gasteiger partial charge in [0.15, 0.2) is 5.78 Å². The highest BCUT2D eigenvalue weighted by molar-refractivity contribution is 7.14. The van der Waals surface area contributed by atoms with Gasteiger partial charge in [0.25, 0.3) is 0 Å². The van der Waals surface area contributed by atoms with Gasteiger partial charge >= 0.3 is 0 Å². The molecule has 3 nitrogen and oxygen atoms in total. The van der Waals surface area contributed by atoms with E-state index in [1.807, 2.05) is 31.2 Å². The monoisotopic (exact) mass is 275 g/mol. The van der Waals surface area contributed by atoms with Gasteiger partial charge in [0.05, 0.1) is 4.88 Å². The molecule has 0 amide bonds. The van der Waals surface area contributed by atoms with Crippen LogP contribution >= 0.6 is 11.3 Å². The number of ketones is 1. The van der Waals surface area contributed by atoms with E-state index in [9.17, 15) is 4.79 Å². The van der Waals surface area contributed by atoms with Gasteiger partial charge in [-0.1, -0.05) is 0 Å². The zero-order chi connectivity index (χ0) is 13.5. The number of pyridine rings is 1. The predicted octanol–water partition coefficient (Wildman–Crippen LogP) is 3.28. The molecule has 0 aliphatic rings. The molecule has 100 valence electrons. The molecule has 0 aromatic carbocycles. The second-order valence-electron chi connectivity index (χ2n) is 4.35. The number of aromatic nitrogens is 1. The van der Waals surface area contributed by atoms with Gasteiger partial charge in [0, 0.05) is 23.9 Å². The fourth-order valence-electron chi connectivity index (χ4n) is 1.75. The number of carbonyl (C=O) groups is 1. The Morgan fingerprint density at radius 1 is 1.26 bits per heavy atom. The lowest BCUT2D eigenvalue weighted by molar-refractivity contribution is 0.0760. The number of ether oxygens (including phenoxy) is 1. The van der Waals surface area contributed by atoms with Crippen molar-refractivity contribution in [2.75, 3.05) is 13.2 Å². The number of nitrogens with zero attached hydrogens (tertiary/aromatic N) is 1. The number of Topliss-reactive ketones (excluding diaryl/α,β-unsaturated/α-hetero) is 1. The number of hydrogen-bond donors (Lipinski definition) is 0. The van der Waals surface area contributed by atoms with Crippen LogP contribution in [-0.4, -0.2) is 24.0 Å². The fraction of sp³-hybridized carbons (Fsp3) is 0.333. The lowest BCUT2D eigenvalue weighted by Crippen LogP contribution is -2.08. The first kappa shape index (κ1) is 13.9.